The molecule has 6 atom stereocenters. The lowest BCUT2D eigenvalue weighted by atomic mass is 9.61. The predicted octanol–water partition coefficient (Wildman–Crippen LogP) is 12.1. The quantitative estimate of drug-likeness (QED) is 0.234. The number of alkyl halides is 3. The van der Waals surface area contributed by atoms with Crippen molar-refractivity contribution in [2.45, 2.75) is 168 Å². The fraction of sp³-hybridized carbons (Fsp3) is 0.850. The maximum atomic E-state index is 13.3. The molecular weight excluding hydrogens is 640 g/mol. The summed E-state index contributed by atoms with van der Waals surface area (Å²) in [4.78, 5) is 2.31. The molecule has 0 N–H and O–H groups in total. The van der Waals surface area contributed by atoms with Gasteiger partial charge in [-0.05, 0) is 135 Å². The van der Waals surface area contributed by atoms with Gasteiger partial charge >= 0.3 is 6.18 Å². The van der Waals surface area contributed by atoms with E-state index in [9.17, 15) is 13.2 Å². The zero-order chi connectivity index (χ0) is 36.1. The molecule has 0 radical (unpaired) electrons. The van der Waals surface area contributed by atoms with Crippen molar-refractivity contribution >= 4 is 16.6 Å². The summed E-state index contributed by atoms with van der Waals surface area (Å²) in [6.07, 6.45) is 9.18. The van der Waals surface area contributed by atoms with Gasteiger partial charge in [0.1, 0.15) is 0 Å². The van der Waals surface area contributed by atoms with Crippen LogP contribution in [0.15, 0.2) is 35.5 Å². The maximum absolute atomic E-state index is 13.3. The van der Waals surface area contributed by atoms with Crippen molar-refractivity contribution in [3.05, 3.63) is 35.5 Å². The molecule has 0 bridgehead atoms. The highest BCUT2D eigenvalue weighted by Crippen LogP contribution is 2.59. The first-order chi connectivity index (χ1) is 21.9. The molecule has 1 heterocycles. The van der Waals surface area contributed by atoms with Crippen LogP contribution < -0.4 is 0 Å². The molecule has 0 amide bonds. The smallest absolute Gasteiger partial charge is 0.391 e. The summed E-state index contributed by atoms with van der Waals surface area (Å²) in [6.45, 7) is 34.9. The summed E-state index contributed by atoms with van der Waals surface area (Å²) in [5, 5.41) is 0.264. The maximum Gasteiger partial charge on any atom is 0.391 e. The van der Waals surface area contributed by atoms with Crippen LogP contribution in [0, 0.1) is 29.1 Å². The lowest BCUT2D eigenvalue weighted by Crippen LogP contribution is -2.49. The van der Waals surface area contributed by atoms with Gasteiger partial charge in [0.25, 0.3) is 0 Å². The van der Waals surface area contributed by atoms with Gasteiger partial charge in [0.05, 0.1) is 18.1 Å². The van der Waals surface area contributed by atoms with Gasteiger partial charge in [-0.1, -0.05) is 79.7 Å². The van der Waals surface area contributed by atoms with E-state index in [0.29, 0.717) is 30.8 Å². The van der Waals surface area contributed by atoms with Gasteiger partial charge in [0, 0.05) is 13.0 Å². The molecule has 276 valence electrons. The highest BCUT2D eigenvalue weighted by molar-refractivity contribution is 6.74. The van der Waals surface area contributed by atoms with Gasteiger partial charge in [0.2, 0.25) is 0 Å². The first kappa shape index (κ1) is 40.1. The number of fused-ring (bicyclic) bond motifs is 1. The van der Waals surface area contributed by atoms with Crippen LogP contribution in [0.2, 0.25) is 36.3 Å². The minimum atomic E-state index is -4.05. The summed E-state index contributed by atoms with van der Waals surface area (Å²) in [5.41, 5.74) is 4.26. The molecule has 0 aromatic heterocycles. The second kappa shape index (κ2) is 14.4. The summed E-state index contributed by atoms with van der Waals surface area (Å²) >= 11 is 0. The van der Waals surface area contributed by atoms with Crippen molar-refractivity contribution in [2.75, 3.05) is 19.6 Å². The number of piperidine rings is 1. The minimum absolute atomic E-state index is 0.0198. The molecule has 3 nitrogen and oxygen atoms in total. The molecule has 0 aromatic rings. The number of halogens is 3. The van der Waals surface area contributed by atoms with Gasteiger partial charge in [-0.3, -0.25) is 0 Å². The van der Waals surface area contributed by atoms with Crippen LogP contribution in [0.25, 0.3) is 0 Å². The Kier molecular flexibility index (Phi) is 12.0. The summed E-state index contributed by atoms with van der Waals surface area (Å²) in [6, 6.07) is 0. The van der Waals surface area contributed by atoms with Gasteiger partial charge < -0.3 is 13.8 Å². The number of rotatable bonds is 8. The number of hydrogen-bond donors (Lipinski definition) is 0. The highest BCUT2D eigenvalue weighted by Gasteiger charge is 2.51. The van der Waals surface area contributed by atoms with E-state index in [1.54, 1.807) is 5.57 Å². The monoisotopic (exact) mass is 709 g/mol. The molecule has 2 unspecified atom stereocenters. The van der Waals surface area contributed by atoms with Crippen LogP contribution >= 0.6 is 0 Å². The van der Waals surface area contributed by atoms with Gasteiger partial charge in [0.15, 0.2) is 16.6 Å². The SMILES string of the molecule is C=C1/C(=C\C=C2/CCC[C@]3(C)[C@@H]([C@H](C)CN4CCC(C(F)(F)F)CC4)CC[C@@H]23)CC(O[Si](C)(C)C(C)(C)C)CC1O[Si](C)(C)C(C)(C)C. The average molecular weight is 710 g/mol. The zero-order valence-electron chi connectivity index (χ0n) is 32.7. The van der Waals surface area contributed by atoms with Crippen LogP contribution in [-0.4, -0.2) is 59.6 Å². The van der Waals surface area contributed by atoms with Crippen LogP contribution in [0.5, 0.6) is 0 Å². The third-order valence-corrected chi connectivity index (χ3v) is 23.1. The normalized spacial score (nSPS) is 33.0. The van der Waals surface area contributed by atoms with Gasteiger partial charge in [-0.2, -0.15) is 13.2 Å². The van der Waals surface area contributed by atoms with Crippen molar-refractivity contribution < 1.29 is 22.0 Å². The van der Waals surface area contributed by atoms with E-state index in [2.05, 4.69) is 105 Å². The molecule has 4 fully saturated rings. The van der Waals surface area contributed by atoms with E-state index in [0.717, 1.165) is 31.4 Å². The third kappa shape index (κ3) is 8.85. The van der Waals surface area contributed by atoms with Crippen molar-refractivity contribution in [2.24, 2.45) is 29.1 Å². The molecule has 3 aliphatic carbocycles. The van der Waals surface area contributed by atoms with Gasteiger partial charge in [-0.25, -0.2) is 0 Å². The zero-order valence-corrected chi connectivity index (χ0v) is 34.7. The van der Waals surface area contributed by atoms with Crippen LogP contribution in [0.3, 0.4) is 0 Å². The van der Waals surface area contributed by atoms with Crippen LogP contribution in [-0.2, 0) is 8.85 Å². The number of allylic oxidation sites excluding steroid dienone is 3. The summed E-state index contributed by atoms with van der Waals surface area (Å²) in [5.74, 6) is 0.538. The van der Waals surface area contributed by atoms with Crippen molar-refractivity contribution in [1.82, 2.24) is 4.90 Å². The first-order valence-electron chi connectivity index (χ1n) is 19.1. The molecule has 48 heavy (non-hydrogen) atoms. The van der Waals surface area contributed by atoms with E-state index in [4.69, 9.17) is 8.85 Å². The Morgan fingerprint density at radius 1 is 0.917 bits per heavy atom. The second-order valence-electron chi connectivity index (χ2n) is 19.5. The molecule has 0 spiro atoms. The number of hydrogen-bond acceptors (Lipinski definition) is 3. The van der Waals surface area contributed by atoms with E-state index in [1.165, 1.54) is 31.3 Å². The third-order valence-electron chi connectivity index (χ3n) is 14.1. The van der Waals surface area contributed by atoms with E-state index in [-0.39, 0.29) is 40.5 Å². The molecule has 1 saturated heterocycles. The molecule has 8 heteroatoms. The van der Waals surface area contributed by atoms with E-state index < -0.39 is 28.7 Å². The van der Waals surface area contributed by atoms with E-state index >= 15 is 0 Å². The summed E-state index contributed by atoms with van der Waals surface area (Å²) in [7, 11) is -3.99. The molecule has 3 saturated carbocycles. The Hall–Kier alpha value is -0.676. The number of nitrogens with zero attached hydrogens (tertiary/aromatic N) is 1. The molecule has 4 rings (SSSR count). The van der Waals surface area contributed by atoms with Crippen molar-refractivity contribution in [3.63, 3.8) is 0 Å². The van der Waals surface area contributed by atoms with E-state index in [1.807, 2.05) is 0 Å². The first-order valence-corrected chi connectivity index (χ1v) is 24.9. The standard InChI is InChI=1S/C40H70F3NO2Si2/c1-28(27-44-23-20-32(21-24-44)40(41,42)43)34-18-19-35-30(15-14-22-39(34,35)9)16-17-31-25-33(45-47(10,11)37(3,4)5)26-36(29(31)2)46-48(12,13)38(6,7)8/h16-17,28,32-36H,2,14-15,18-27H2,1,3-13H3/b30-16+,31-17-/t28-,33?,34-,35+,36?,39-/m1/s1. The minimum Gasteiger partial charge on any atom is -0.413 e. The lowest BCUT2D eigenvalue weighted by molar-refractivity contribution is -0.185. The highest BCUT2D eigenvalue weighted by atomic mass is 28.4. The van der Waals surface area contributed by atoms with Crippen molar-refractivity contribution in [3.8, 4) is 0 Å². The fourth-order valence-electron chi connectivity index (χ4n) is 8.96. The Balaban J connectivity index is 1.52. The van der Waals surface area contributed by atoms with Crippen LogP contribution in [0.4, 0.5) is 13.2 Å². The Morgan fingerprint density at radius 3 is 2.06 bits per heavy atom. The van der Waals surface area contributed by atoms with Crippen LogP contribution in [0.1, 0.15) is 113 Å². The fourth-order valence-corrected chi connectivity index (χ4v) is 11.6. The Bertz CT molecular complexity index is 1200. The lowest BCUT2D eigenvalue weighted by Gasteiger charge is -2.46. The molecule has 1 aliphatic heterocycles. The average Bonchev–Trinajstić information content (AvgIpc) is 3.30. The summed E-state index contributed by atoms with van der Waals surface area (Å²) < 4.78 is 53.9. The Labute approximate surface area is 294 Å². The Morgan fingerprint density at radius 2 is 1.50 bits per heavy atom. The number of likely N-dealkylation sites (tertiary alicyclic amines) is 1. The topological polar surface area (TPSA) is 21.7 Å². The van der Waals surface area contributed by atoms with Gasteiger partial charge in [-0.15, -0.1) is 0 Å². The second-order valence-corrected chi connectivity index (χ2v) is 29.0. The largest absolute Gasteiger partial charge is 0.413 e. The molecule has 4 aliphatic rings. The van der Waals surface area contributed by atoms with Crippen molar-refractivity contribution in [1.29, 1.82) is 0 Å². The molecular formula is C40H70F3NO2Si2. The molecule has 0 aromatic carbocycles. The predicted molar refractivity (Wildman–Crippen MR) is 201 cm³/mol.